The minimum atomic E-state index is -0.221. The summed E-state index contributed by atoms with van der Waals surface area (Å²) < 4.78 is 17.0. The van der Waals surface area contributed by atoms with Crippen LogP contribution < -0.4 is 5.32 Å². The molecule has 0 unspecified atom stereocenters. The fraction of sp³-hybridized carbons (Fsp3) is 1.00. The van der Waals surface area contributed by atoms with Crippen LogP contribution in [0, 0.1) is 5.41 Å². The van der Waals surface area contributed by atoms with Crippen LogP contribution in [0.2, 0.25) is 0 Å². The Balaban J connectivity index is 1.42. The maximum Gasteiger partial charge on any atom is 0.168 e. The van der Waals surface area contributed by atoms with Crippen LogP contribution in [-0.2, 0) is 14.2 Å². The van der Waals surface area contributed by atoms with E-state index in [2.05, 4.69) is 12.2 Å². The molecule has 0 atom stereocenters. The number of hydrogen-bond donors (Lipinski definition) is 1. The zero-order valence-corrected chi connectivity index (χ0v) is 12.1. The van der Waals surface area contributed by atoms with Gasteiger partial charge >= 0.3 is 0 Å². The van der Waals surface area contributed by atoms with Gasteiger partial charge in [-0.1, -0.05) is 6.92 Å². The van der Waals surface area contributed by atoms with Crippen LogP contribution in [0.5, 0.6) is 0 Å². The summed E-state index contributed by atoms with van der Waals surface area (Å²) in [6.45, 7) is 6.90. The lowest BCUT2D eigenvalue weighted by Gasteiger charge is -2.39. The molecule has 1 aliphatic carbocycles. The third-order valence-electron chi connectivity index (χ3n) is 5.08. The molecule has 1 saturated carbocycles. The van der Waals surface area contributed by atoms with Gasteiger partial charge in [-0.05, 0) is 31.1 Å². The van der Waals surface area contributed by atoms with Crippen LogP contribution in [0.3, 0.4) is 0 Å². The monoisotopic (exact) mass is 269 g/mol. The molecule has 4 heteroatoms. The number of rotatable bonds is 3. The van der Waals surface area contributed by atoms with Gasteiger partial charge in [-0.3, -0.25) is 0 Å². The van der Waals surface area contributed by atoms with Crippen molar-refractivity contribution in [1.82, 2.24) is 5.32 Å². The molecule has 0 radical (unpaired) electrons. The first-order valence-electron chi connectivity index (χ1n) is 7.79. The van der Waals surface area contributed by atoms with E-state index >= 15 is 0 Å². The molecule has 1 N–H and O–H groups in total. The molecule has 19 heavy (non-hydrogen) atoms. The zero-order chi connectivity index (χ0) is 13.2. The highest BCUT2D eigenvalue weighted by Gasteiger charge is 2.40. The zero-order valence-electron chi connectivity index (χ0n) is 12.1. The lowest BCUT2D eigenvalue weighted by molar-refractivity contribution is -0.179. The van der Waals surface area contributed by atoms with Crippen LogP contribution in [0.4, 0.5) is 0 Å². The molecule has 0 aromatic heterocycles. The molecule has 3 aliphatic rings. The van der Waals surface area contributed by atoms with Crippen molar-refractivity contribution >= 4 is 0 Å². The maximum atomic E-state index is 5.78. The van der Waals surface area contributed by atoms with Crippen molar-refractivity contribution in [2.24, 2.45) is 5.41 Å². The molecule has 0 aromatic rings. The normalized spacial score (nSPS) is 30.8. The highest BCUT2D eigenvalue weighted by molar-refractivity contribution is 4.87. The van der Waals surface area contributed by atoms with Crippen LogP contribution in [0.15, 0.2) is 0 Å². The molecule has 110 valence electrons. The van der Waals surface area contributed by atoms with E-state index < -0.39 is 0 Å². The van der Waals surface area contributed by atoms with Crippen molar-refractivity contribution in [1.29, 1.82) is 0 Å². The Morgan fingerprint density at radius 3 is 2.21 bits per heavy atom. The number of hydrogen-bond acceptors (Lipinski definition) is 4. The fourth-order valence-corrected chi connectivity index (χ4v) is 3.48. The summed E-state index contributed by atoms with van der Waals surface area (Å²) in [5.41, 5.74) is 0.424. The van der Waals surface area contributed by atoms with Gasteiger partial charge in [0.25, 0.3) is 0 Å². The van der Waals surface area contributed by atoms with Gasteiger partial charge in [0, 0.05) is 38.6 Å². The lowest BCUT2D eigenvalue weighted by atomic mass is 9.81. The molecule has 3 fully saturated rings. The Kier molecular flexibility index (Phi) is 4.13. The second kappa shape index (κ2) is 5.68. The quantitative estimate of drug-likeness (QED) is 0.851. The third kappa shape index (κ3) is 3.30. The van der Waals surface area contributed by atoms with Gasteiger partial charge in [0.15, 0.2) is 5.79 Å². The lowest BCUT2D eigenvalue weighted by Crippen LogP contribution is -2.46. The number of nitrogens with one attached hydrogen (secondary N) is 1. The van der Waals surface area contributed by atoms with Gasteiger partial charge in [-0.15, -0.1) is 0 Å². The van der Waals surface area contributed by atoms with E-state index in [1.807, 2.05) is 0 Å². The molecule has 2 saturated heterocycles. The van der Waals surface area contributed by atoms with E-state index in [1.165, 1.54) is 25.7 Å². The summed E-state index contributed by atoms with van der Waals surface area (Å²) >= 11 is 0. The van der Waals surface area contributed by atoms with Crippen molar-refractivity contribution in [2.45, 2.75) is 57.3 Å². The topological polar surface area (TPSA) is 39.7 Å². The van der Waals surface area contributed by atoms with E-state index in [0.29, 0.717) is 11.5 Å². The molecular weight excluding hydrogens is 242 g/mol. The van der Waals surface area contributed by atoms with E-state index in [4.69, 9.17) is 14.2 Å². The predicted octanol–water partition coefficient (Wildman–Crippen LogP) is 2.08. The molecule has 3 rings (SSSR count). The Morgan fingerprint density at radius 2 is 1.58 bits per heavy atom. The van der Waals surface area contributed by atoms with Gasteiger partial charge in [0.2, 0.25) is 0 Å². The van der Waals surface area contributed by atoms with Crippen molar-refractivity contribution < 1.29 is 14.2 Å². The second-order valence-corrected chi connectivity index (χ2v) is 6.69. The summed E-state index contributed by atoms with van der Waals surface area (Å²) in [5.74, 6) is -0.221. The van der Waals surface area contributed by atoms with Crippen molar-refractivity contribution in [3.63, 3.8) is 0 Å². The molecule has 0 amide bonds. The van der Waals surface area contributed by atoms with Gasteiger partial charge < -0.3 is 19.5 Å². The van der Waals surface area contributed by atoms with E-state index in [1.54, 1.807) is 0 Å². The largest absolute Gasteiger partial charge is 0.381 e. The van der Waals surface area contributed by atoms with Crippen LogP contribution in [-0.4, -0.2) is 44.8 Å². The minimum Gasteiger partial charge on any atom is -0.381 e. The third-order valence-corrected chi connectivity index (χ3v) is 5.08. The molecule has 2 aliphatic heterocycles. The fourth-order valence-electron chi connectivity index (χ4n) is 3.48. The van der Waals surface area contributed by atoms with E-state index in [0.717, 1.165) is 45.8 Å². The molecule has 0 aromatic carbocycles. The molecule has 4 nitrogen and oxygen atoms in total. The number of ether oxygens (including phenoxy) is 3. The standard InChI is InChI=1S/C15H27NO3/c1-14(6-8-17-9-7-14)12-16-13-2-4-15(5-3-13)18-10-11-19-15/h13,16H,2-12H2,1H3. The Bertz CT molecular complexity index is 286. The highest BCUT2D eigenvalue weighted by atomic mass is 16.7. The molecule has 1 spiro atoms. The van der Waals surface area contributed by atoms with E-state index in [-0.39, 0.29) is 5.79 Å². The van der Waals surface area contributed by atoms with Crippen LogP contribution in [0.25, 0.3) is 0 Å². The van der Waals surface area contributed by atoms with Crippen molar-refractivity contribution in [3.8, 4) is 0 Å². The van der Waals surface area contributed by atoms with Gasteiger partial charge in [0.05, 0.1) is 13.2 Å². The summed E-state index contributed by atoms with van der Waals surface area (Å²) in [7, 11) is 0. The first-order valence-corrected chi connectivity index (χ1v) is 7.79. The maximum absolute atomic E-state index is 5.78. The Labute approximate surface area is 116 Å². The SMILES string of the molecule is CC1(CNC2CCC3(CC2)OCCO3)CCOCC1. The summed E-state index contributed by atoms with van der Waals surface area (Å²) in [5, 5.41) is 3.77. The molecule has 2 heterocycles. The summed E-state index contributed by atoms with van der Waals surface area (Å²) in [6.07, 6.45) is 6.81. The molecule has 0 bridgehead atoms. The minimum absolute atomic E-state index is 0.221. The smallest absolute Gasteiger partial charge is 0.168 e. The van der Waals surface area contributed by atoms with E-state index in [9.17, 15) is 0 Å². The molecular formula is C15H27NO3. The first kappa shape index (κ1) is 13.8. The highest BCUT2D eigenvalue weighted by Crippen LogP contribution is 2.36. The van der Waals surface area contributed by atoms with Crippen LogP contribution >= 0.6 is 0 Å². The van der Waals surface area contributed by atoms with Crippen molar-refractivity contribution in [3.05, 3.63) is 0 Å². The summed E-state index contributed by atoms with van der Waals surface area (Å²) in [6, 6.07) is 0.637. The predicted molar refractivity (Wildman–Crippen MR) is 73.1 cm³/mol. The van der Waals surface area contributed by atoms with Gasteiger partial charge in [-0.25, -0.2) is 0 Å². The van der Waals surface area contributed by atoms with Gasteiger partial charge in [-0.2, -0.15) is 0 Å². The van der Waals surface area contributed by atoms with Gasteiger partial charge in [0.1, 0.15) is 0 Å². The second-order valence-electron chi connectivity index (χ2n) is 6.69. The Morgan fingerprint density at radius 1 is 0.947 bits per heavy atom. The van der Waals surface area contributed by atoms with Crippen molar-refractivity contribution in [2.75, 3.05) is 33.0 Å². The average Bonchev–Trinajstić information content (AvgIpc) is 2.88. The Hall–Kier alpha value is -0.160. The average molecular weight is 269 g/mol. The first-order chi connectivity index (χ1) is 9.20. The summed E-state index contributed by atoms with van der Waals surface area (Å²) in [4.78, 5) is 0. The van der Waals surface area contributed by atoms with Crippen LogP contribution in [0.1, 0.15) is 45.4 Å².